The van der Waals surface area contributed by atoms with E-state index in [2.05, 4.69) is 5.32 Å². The summed E-state index contributed by atoms with van der Waals surface area (Å²) in [6, 6.07) is 12.8. The number of amides is 2. The fraction of sp³-hybridized carbons (Fsp3) is 0.200. The molecule has 2 aromatic carbocycles. The highest BCUT2D eigenvalue weighted by atomic mass is 35.5. The number of rotatable bonds is 3. The molecular weight excluding hydrogens is 336 g/mol. The molecule has 0 saturated carbocycles. The molecule has 0 radical (unpaired) electrons. The van der Waals surface area contributed by atoms with E-state index in [-0.39, 0.29) is 24.3 Å². The number of nitrogens with zero attached hydrogens (tertiary/aromatic N) is 1. The molecule has 1 aliphatic heterocycles. The lowest BCUT2D eigenvalue weighted by atomic mass is 9.93. The highest BCUT2D eigenvalue weighted by molar-refractivity contribution is 6.30. The molecule has 0 bridgehead atoms. The molecule has 3 rings (SSSR count). The summed E-state index contributed by atoms with van der Waals surface area (Å²) in [4.78, 5) is 26.2. The molecule has 0 aliphatic carbocycles. The van der Waals surface area contributed by atoms with Gasteiger partial charge in [-0.05, 0) is 47.9 Å². The summed E-state index contributed by atoms with van der Waals surface area (Å²) >= 11 is 5.95. The minimum absolute atomic E-state index is 0.0915. The smallest absolute Gasteiger partial charge is 0.226 e. The zero-order chi connectivity index (χ0) is 18.0. The van der Waals surface area contributed by atoms with Gasteiger partial charge in [0.2, 0.25) is 11.8 Å². The van der Waals surface area contributed by atoms with Gasteiger partial charge < -0.3 is 10.2 Å². The molecule has 1 aliphatic rings. The second-order valence-electron chi connectivity index (χ2n) is 6.10. The van der Waals surface area contributed by atoms with Gasteiger partial charge in [-0.25, -0.2) is 0 Å². The summed E-state index contributed by atoms with van der Waals surface area (Å²) in [5.74, 6) is -0.238. The lowest BCUT2D eigenvalue weighted by Gasteiger charge is -2.32. The van der Waals surface area contributed by atoms with Crippen LogP contribution in [-0.2, 0) is 9.59 Å². The first-order valence-corrected chi connectivity index (χ1v) is 8.45. The first kappa shape index (κ1) is 17.2. The topological polar surface area (TPSA) is 49.4 Å². The van der Waals surface area contributed by atoms with Crippen molar-refractivity contribution in [2.75, 3.05) is 5.32 Å². The molecule has 0 spiro atoms. The lowest BCUT2D eigenvalue weighted by Crippen LogP contribution is -2.33. The molecule has 0 fully saturated rings. The zero-order valence-corrected chi connectivity index (χ0v) is 14.9. The van der Waals surface area contributed by atoms with Gasteiger partial charge >= 0.3 is 0 Å². The van der Waals surface area contributed by atoms with Gasteiger partial charge in [0.15, 0.2) is 0 Å². The Kier molecular flexibility index (Phi) is 4.91. The summed E-state index contributed by atoms with van der Waals surface area (Å²) in [7, 11) is 0. The number of anilines is 1. The van der Waals surface area contributed by atoms with Crippen molar-refractivity contribution in [3.8, 4) is 0 Å². The second-order valence-corrected chi connectivity index (χ2v) is 6.53. The van der Waals surface area contributed by atoms with Crippen LogP contribution in [0.25, 0.3) is 6.08 Å². The van der Waals surface area contributed by atoms with Gasteiger partial charge in [-0.2, -0.15) is 0 Å². The van der Waals surface area contributed by atoms with Crippen LogP contribution in [-0.4, -0.2) is 16.7 Å². The van der Waals surface area contributed by atoms with Crippen LogP contribution in [0.5, 0.6) is 0 Å². The first-order chi connectivity index (χ1) is 12.0. The van der Waals surface area contributed by atoms with Gasteiger partial charge in [0.1, 0.15) is 0 Å². The number of carbonyl (C=O) groups excluding carboxylic acids is 2. The summed E-state index contributed by atoms with van der Waals surface area (Å²) < 4.78 is 0. The monoisotopic (exact) mass is 354 g/mol. The highest BCUT2D eigenvalue weighted by Gasteiger charge is 2.28. The van der Waals surface area contributed by atoms with E-state index in [1.165, 1.54) is 6.92 Å². The predicted molar refractivity (Wildman–Crippen MR) is 100 cm³/mol. The molecule has 2 aromatic rings. The Bertz CT molecular complexity index is 861. The van der Waals surface area contributed by atoms with Crippen molar-refractivity contribution < 1.29 is 9.59 Å². The number of carbonyl (C=O) groups is 2. The molecule has 0 aromatic heterocycles. The van der Waals surface area contributed by atoms with Crippen molar-refractivity contribution in [3.63, 3.8) is 0 Å². The van der Waals surface area contributed by atoms with Crippen LogP contribution in [0.2, 0.25) is 5.02 Å². The quantitative estimate of drug-likeness (QED) is 0.878. The predicted octanol–water partition coefficient (Wildman–Crippen LogP) is 4.55. The number of hydrogen-bond donors (Lipinski definition) is 1. The molecule has 0 saturated heterocycles. The van der Waals surface area contributed by atoms with Crippen molar-refractivity contribution in [2.45, 2.75) is 26.3 Å². The minimum atomic E-state index is -0.314. The van der Waals surface area contributed by atoms with E-state index in [0.29, 0.717) is 5.02 Å². The molecule has 1 atom stereocenters. The fourth-order valence-electron chi connectivity index (χ4n) is 3.06. The fourth-order valence-corrected chi connectivity index (χ4v) is 3.28. The average Bonchev–Trinajstić information content (AvgIpc) is 2.57. The van der Waals surface area contributed by atoms with E-state index in [9.17, 15) is 9.59 Å². The van der Waals surface area contributed by atoms with Crippen LogP contribution >= 0.6 is 11.6 Å². The summed E-state index contributed by atoms with van der Waals surface area (Å²) in [6.07, 6.45) is 3.83. The number of nitrogens with one attached hydrogen (secondary N) is 1. The Morgan fingerprint density at radius 3 is 2.68 bits per heavy atom. The second kappa shape index (κ2) is 7.11. The van der Waals surface area contributed by atoms with Crippen LogP contribution < -0.4 is 5.32 Å². The van der Waals surface area contributed by atoms with Crippen LogP contribution in [0.15, 0.2) is 48.7 Å². The van der Waals surface area contributed by atoms with Crippen LogP contribution in [0.1, 0.15) is 36.1 Å². The average molecular weight is 355 g/mol. The molecular formula is C20H19ClN2O2. The third-order valence-electron chi connectivity index (χ3n) is 4.31. The van der Waals surface area contributed by atoms with Crippen LogP contribution in [0.4, 0.5) is 5.69 Å². The van der Waals surface area contributed by atoms with Gasteiger partial charge in [-0.1, -0.05) is 35.9 Å². The van der Waals surface area contributed by atoms with E-state index in [0.717, 1.165) is 22.4 Å². The maximum atomic E-state index is 12.6. The third kappa shape index (κ3) is 3.74. The molecule has 2 amide bonds. The number of fused-ring (bicyclic) bond motifs is 1. The Morgan fingerprint density at radius 2 is 1.96 bits per heavy atom. The maximum Gasteiger partial charge on any atom is 0.226 e. The van der Waals surface area contributed by atoms with Crippen molar-refractivity contribution in [1.29, 1.82) is 0 Å². The molecule has 1 heterocycles. The molecule has 1 N–H and O–H groups in total. The summed E-state index contributed by atoms with van der Waals surface area (Å²) in [6.45, 7) is 3.40. The van der Waals surface area contributed by atoms with Crippen molar-refractivity contribution in [3.05, 3.63) is 70.4 Å². The van der Waals surface area contributed by atoms with Gasteiger partial charge in [0.25, 0.3) is 0 Å². The SMILES string of the molecule is CC(=O)N1C=Cc2ccccc2[C@H]1CC(=O)Nc1ccc(Cl)cc1C. The Hall–Kier alpha value is -2.59. The van der Waals surface area contributed by atoms with Gasteiger partial charge in [-0.15, -0.1) is 0 Å². The van der Waals surface area contributed by atoms with Gasteiger partial charge in [0, 0.05) is 23.8 Å². The molecule has 25 heavy (non-hydrogen) atoms. The summed E-state index contributed by atoms with van der Waals surface area (Å²) in [5, 5.41) is 3.54. The molecule has 128 valence electrons. The third-order valence-corrected chi connectivity index (χ3v) is 4.55. The Balaban J connectivity index is 1.82. The van der Waals surface area contributed by atoms with Crippen LogP contribution in [0.3, 0.4) is 0 Å². The summed E-state index contributed by atoms with van der Waals surface area (Å²) in [5.41, 5.74) is 3.63. The van der Waals surface area contributed by atoms with E-state index >= 15 is 0 Å². The van der Waals surface area contributed by atoms with E-state index in [4.69, 9.17) is 11.6 Å². The van der Waals surface area contributed by atoms with E-state index in [1.54, 1.807) is 29.3 Å². The van der Waals surface area contributed by atoms with Gasteiger partial charge in [-0.3, -0.25) is 9.59 Å². The minimum Gasteiger partial charge on any atom is -0.326 e. The number of aryl methyl sites for hydroxylation is 1. The lowest BCUT2D eigenvalue weighted by molar-refractivity contribution is -0.129. The maximum absolute atomic E-state index is 12.6. The largest absolute Gasteiger partial charge is 0.326 e. The van der Waals surface area contributed by atoms with E-state index in [1.807, 2.05) is 37.3 Å². The van der Waals surface area contributed by atoms with Gasteiger partial charge in [0.05, 0.1) is 12.5 Å². The molecule has 4 nitrogen and oxygen atoms in total. The Morgan fingerprint density at radius 1 is 1.20 bits per heavy atom. The zero-order valence-electron chi connectivity index (χ0n) is 14.1. The van der Waals surface area contributed by atoms with Crippen molar-refractivity contribution >= 4 is 35.2 Å². The molecule has 0 unspecified atom stereocenters. The molecule has 5 heteroatoms. The van der Waals surface area contributed by atoms with Crippen LogP contribution in [0, 0.1) is 6.92 Å². The standard InChI is InChI=1S/C20H19ClN2O2/c1-13-11-16(21)7-8-18(13)22-20(25)12-19-17-6-4-3-5-15(17)9-10-23(19)14(2)24/h3-11,19H,12H2,1-2H3,(H,22,25)/t19-/m1/s1. The number of hydrogen-bond acceptors (Lipinski definition) is 2. The first-order valence-electron chi connectivity index (χ1n) is 8.08. The highest BCUT2D eigenvalue weighted by Crippen LogP contribution is 2.33. The van der Waals surface area contributed by atoms with Crippen molar-refractivity contribution in [2.24, 2.45) is 0 Å². The number of halogens is 1. The number of benzene rings is 2. The van der Waals surface area contributed by atoms with E-state index < -0.39 is 0 Å². The van der Waals surface area contributed by atoms with Crippen molar-refractivity contribution in [1.82, 2.24) is 4.90 Å². The Labute approximate surface area is 152 Å². The normalized spacial score (nSPS) is 15.6.